The lowest BCUT2D eigenvalue weighted by Gasteiger charge is -2.16. The summed E-state index contributed by atoms with van der Waals surface area (Å²) in [5.74, 6) is -0.179. The molecule has 1 aromatic heterocycles. The molecule has 7 heteroatoms. The molecule has 1 heterocycles. The van der Waals surface area contributed by atoms with Gasteiger partial charge >= 0.3 is 0 Å². The van der Waals surface area contributed by atoms with Crippen molar-refractivity contribution in [2.24, 2.45) is 5.10 Å². The summed E-state index contributed by atoms with van der Waals surface area (Å²) >= 11 is 5.11. The molecule has 1 aromatic carbocycles. The van der Waals surface area contributed by atoms with Crippen LogP contribution in [0.1, 0.15) is 31.9 Å². The number of hydrazone groups is 1. The number of aromatic nitrogens is 2. The van der Waals surface area contributed by atoms with Crippen molar-refractivity contribution in [3.05, 3.63) is 51.0 Å². The van der Waals surface area contributed by atoms with Crippen LogP contribution in [-0.4, -0.2) is 20.9 Å². The van der Waals surface area contributed by atoms with Gasteiger partial charge in [-0.1, -0.05) is 25.1 Å². The lowest BCUT2D eigenvalue weighted by molar-refractivity contribution is 0.371. The van der Waals surface area contributed by atoms with Crippen molar-refractivity contribution < 1.29 is 5.11 Å². The van der Waals surface area contributed by atoms with Gasteiger partial charge in [0.15, 0.2) is 4.77 Å². The summed E-state index contributed by atoms with van der Waals surface area (Å²) in [6, 6.07) is 9.28. The Morgan fingerprint density at radius 2 is 2.14 bits per heavy atom. The van der Waals surface area contributed by atoms with E-state index < -0.39 is 5.56 Å². The van der Waals surface area contributed by atoms with Crippen LogP contribution in [0, 0.1) is 4.77 Å². The van der Waals surface area contributed by atoms with E-state index in [-0.39, 0.29) is 22.3 Å². The normalized spacial score (nSPS) is 12.5. The zero-order chi connectivity index (χ0) is 16.1. The number of para-hydroxylation sites is 1. The molecule has 0 aliphatic rings. The van der Waals surface area contributed by atoms with Crippen LogP contribution in [0.4, 0.5) is 5.69 Å². The van der Waals surface area contributed by atoms with Crippen molar-refractivity contribution in [1.82, 2.24) is 9.55 Å². The highest BCUT2D eigenvalue weighted by Gasteiger charge is 2.14. The number of nitrogens with one attached hydrogen (secondary N) is 2. The van der Waals surface area contributed by atoms with Crippen molar-refractivity contribution in [3.8, 4) is 5.88 Å². The Labute approximate surface area is 133 Å². The zero-order valence-corrected chi connectivity index (χ0v) is 13.2. The van der Waals surface area contributed by atoms with Crippen molar-refractivity contribution >= 4 is 24.1 Å². The van der Waals surface area contributed by atoms with Gasteiger partial charge in [0.2, 0.25) is 5.88 Å². The van der Waals surface area contributed by atoms with E-state index in [2.05, 4.69) is 15.5 Å². The molecule has 0 saturated heterocycles. The molecule has 116 valence electrons. The summed E-state index contributed by atoms with van der Waals surface area (Å²) in [7, 11) is 0. The second kappa shape index (κ2) is 7.04. The molecule has 3 N–H and O–H groups in total. The molecule has 2 rings (SSSR count). The van der Waals surface area contributed by atoms with Crippen LogP contribution in [0.15, 0.2) is 40.2 Å². The minimum Gasteiger partial charge on any atom is -0.494 e. The van der Waals surface area contributed by atoms with E-state index in [1.54, 1.807) is 0 Å². The first-order chi connectivity index (χ1) is 10.5. The van der Waals surface area contributed by atoms with Crippen molar-refractivity contribution in [2.75, 3.05) is 5.43 Å². The maximum atomic E-state index is 12.0. The maximum Gasteiger partial charge on any atom is 0.264 e. The largest absolute Gasteiger partial charge is 0.494 e. The molecular weight excluding hydrogens is 300 g/mol. The zero-order valence-electron chi connectivity index (χ0n) is 12.4. The molecule has 0 spiro atoms. The Kier molecular flexibility index (Phi) is 5.11. The third kappa shape index (κ3) is 3.43. The summed E-state index contributed by atoms with van der Waals surface area (Å²) in [6.45, 7) is 3.89. The van der Waals surface area contributed by atoms with Crippen LogP contribution in [0.25, 0.3) is 0 Å². The number of aromatic hydroxyl groups is 1. The van der Waals surface area contributed by atoms with Crippen LogP contribution in [0.3, 0.4) is 0 Å². The smallest absolute Gasteiger partial charge is 0.264 e. The number of rotatable bonds is 5. The van der Waals surface area contributed by atoms with E-state index in [0.29, 0.717) is 0 Å². The summed E-state index contributed by atoms with van der Waals surface area (Å²) in [5.41, 5.74) is 3.17. The van der Waals surface area contributed by atoms with Gasteiger partial charge in [0, 0.05) is 6.04 Å². The second-order valence-corrected chi connectivity index (χ2v) is 5.25. The van der Waals surface area contributed by atoms with Gasteiger partial charge in [-0.2, -0.15) is 5.10 Å². The third-order valence-corrected chi connectivity index (χ3v) is 3.64. The van der Waals surface area contributed by atoms with E-state index in [4.69, 9.17) is 12.2 Å². The summed E-state index contributed by atoms with van der Waals surface area (Å²) in [5, 5.41) is 14.3. The van der Waals surface area contributed by atoms with Crippen LogP contribution in [0.5, 0.6) is 5.88 Å². The van der Waals surface area contributed by atoms with Crippen LogP contribution < -0.4 is 11.0 Å². The topological polar surface area (TPSA) is 82.4 Å². The summed E-state index contributed by atoms with van der Waals surface area (Å²) in [4.78, 5) is 14.5. The molecule has 0 radical (unpaired) electrons. The van der Waals surface area contributed by atoms with Crippen LogP contribution in [0.2, 0.25) is 0 Å². The highest BCUT2D eigenvalue weighted by molar-refractivity contribution is 7.71. The fourth-order valence-corrected chi connectivity index (χ4v) is 2.30. The quantitative estimate of drug-likeness (QED) is 0.449. The maximum absolute atomic E-state index is 12.0. The SMILES string of the molecule is CC[C@@H](C)n1c(O)c(/C=N/Nc2ccccc2)c(=O)[nH]c1=S. The van der Waals surface area contributed by atoms with E-state index in [1.807, 2.05) is 44.2 Å². The number of aromatic amines is 1. The lowest BCUT2D eigenvalue weighted by atomic mass is 10.2. The van der Waals surface area contributed by atoms with Crippen molar-refractivity contribution in [2.45, 2.75) is 26.3 Å². The number of benzene rings is 1. The average molecular weight is 318 g/mol. The molecule has 2 aromatic rings. The standard InChI is InChI=1S/C15H18N4O2S/c1-3-10(2)19-14(21)12(13(20)17-15(19)22)9-16-18-11-7-5-4-6-8-11/h4-10,18,21H,3H2,1-2H3,(H,17,20,22)/b16-9+/t10-/m1/s1. The molecule has 6 nitrogen and oxygen atoms in total. The van der Waals surface area contributed by atoms with Gasteiger partial charge in [-0.15, -0.1) is 0 Å². The molecule has 22 heavy (non-hydrogen) atoms. The van der Waals surface area contributed by atoms with E-state index in [1.165, 1.54) is 10.8 Å². The molecule has 0 unspecified atom stereocenters. The first-order valence-electron chi connectivity index (χ1n) is 6.96. The highest BCUT2D eigenvalue weighted by atomic mass is 32.1. The lowest BCUT2D eigenvalue weighted by Crippen LogP contribution is -2.20. The Morgan fingerprint density at radius 3 is 2.77 bits per heavy atom. The molecule has 1 atom stereocenters. The highest BCUT2D eigenvalue weighted by Crippen LogP contribution is 2.20. The minimum atomic E-state index is -0.472. The minimum absolute atomic E-state index is 0.0291. The van der Waals surface area contributed by atoms with Gasteiger partial charge in [0.05, 0.1) is 11.9 Å². The molecule has 0 amide bonds. The first-order valence-corrected chi connectivity index (χ1v) is 7.37. The molecule has 0 aliphatic carbocycles. The van der Waals surface area contributed by atoms with Crippen LogP contribution >= 0.6 is 12.2 Å². The summed E-state index contributed by atoms with van der Waals surface area (Å²) in [6.07, 6.45) is 2.06. The van der Waals surface area contributed by atoms with E-state index in [9.17, 15) is 9.90 Å². The molecule has 0 aliphatic heterocycles. The van der Waals surface area contributed by atoms with Gasteiger partial charge in [-0.25, -0.2) is 0 Å². The van der Waals surface area contributed by atoms with Gasteiger partial charge in [-0.05, 0) is 37.7 Å². The number of H-pyrrole nitrogens is 1. The molecule has 0 fully saturated rings. The predicted molar refractivity (Wildman–Crippen MR) is 90.2 cm³/mol. The predicted octanol–water partition coefficient (Wildman–Crippen LogP) is 3.03. The molecule has 0 bridgehead atoms. The van der Waals surface area contributed by atoms with Crippen molar-refractivity contribution in [3.63, 3.8) is 0 Å². The summed E-state index contributed by atoms with van der Waals surface area (Å²) < 4.78 is 1.71. The fraction of sp³-hybridized carbons (Fsp3) is 0.267. The van der Waals surface area contributed by atoms with Gasteiger partial charge in [-0.3, -0.25) is 19.8 Å². The monoisotopic (exact) mass is 318 g/mol. The average Bonchev–Trinajstić information content (AvgIpc) is 2.51. The third-order valence-electron chi connectivity index (χ3n) is 3.35. The van der Waals surface area contributed by atoms with E-state index >= 15 is 0 Å². The Morgan fingerprint density at radius 1 is 1.45 bits per heavy atom. The van der Waals surface area contributed by atoms with Gasteiger partial charge in [0.25, 0.3) is 5.56 Å². The Bertz CT molecular complexity index is 780. The Balaban J connectivity index is 2.35. The number of anilines is 1. The van der Waals surface area contributed by atoms with Gasteiger partial charge in [0.1, 0.15) is 5.56 Å². The van der Waals surface area contributed by atoms with Gasteiger partial charge < -0.3 is 5.11 Å². The molecular formula is C15H18N4O2S. The molecule has 0 saturated carbocycles. The van der Waals surface area contributed by atoms with Crippen LogP contribution in [-0.2, 0) is 0 Å². The Hall–Kier alpha value is -2.41. The number of nitrogens with zero attached hydrogens (tertiary/aromatic N) is 2. The second-order valence-electron chi connectivity index (χ2n) is 4.86. The van der Waals surface area contributed by atoms with E-state index in [0.717, 1.165) is 12.1 Å². The first kappa shape index (κ1) is 16.0. The van der Waals surface area contributed by atoms with Crippen molar-refractivity contribution in [1.29, 1.82) is 0 Å². The number of hydrogen-bond acceptors (Lipinski definition) is 5. The number of hydrogen-bond donors (Lipinski definition) is 3. The fourth-order valence-electron chi connectivity index (χ4n) is 1.94.